The van der Waals surface area contributed by atoms with Crippen LogP contribution in [-0.4, -0.2) is 27.8 Å². The zero-order chi connectivity index (χ0) is 13.5. The molecule has 0 bridgehead atoms. The fourth-order valence-electron chi connectivity index (χ4n) is 3.85. The lowest BCUT2D eigenvalue weighted by Crippen LogP contribution is -2.49. The first-order valence-electron chi connectivity index (χ1n) is 7.04. The molecule has 0 saturated heterocycles. The molecule has 1 aromatic carbocycles. The smallest absolute Gasteiger partial charge is 0.161 e. The van der Waals surface area contributed by atoms with Crippen LogP contribution in [0.3, 0.4) is 0 Å². The molecule has 0 aliphatic heterocycles. The third-order valence-electron chi connectivity index (χ3n) is 4.89. The molecule has 1 spiro atoms. The van der Waals surface area contributed by atoms with E-state index in [2.05, 4.69) is 17.4 Å². The second-order valence-electron chi connectivity index (χ2n) is 6.23. The van der Waals surface area contributed by atoms with Crippen molar-refractivity contribution in [2.45, 2.75) is 31.1 Å². The molecule has 2 aliphatic carbocycles. The van der Waals surface area contributed by atoms with Gasteiger partial charge in [-0.05, 0) is 55.8 Å². The summed E-state index contributed by atoms with van der Waals surface area (Å²) < 4.78 is 10.8. The lowest BCUT2D eigenvalue weighted by molar-refractivity contribution is 0.118. The van der Waals surface area contributed by atoms with Crippen molar-refractivity contribution in [3.63, 3.8) is 0 Å². The minimum absolute atomic E-state index is 0.296. The molecule has 2 fully saturated rings. The number of ether oxygens (including phenoxy) is 2. The van der Waals surface area contributed by atoms with E-state index in [1.54, 1.807) is 14.2 Å². The van der Waals surface area contributed by atoms with E-state index in [4.69, 9.17) is 9.47 Å². The first kappa shape index (κ1) is 12.8. The molecule has 3 nitrogen and oxygen atoms in total. The highest BCUT2D eigenvalue weighted by Gasteiger charge is 2.60. The van der Waals surface area contributed by atoms with Gasteiger partial charge in [-0.15, -0.1) is 0 Å². The van der Waals surface area contributed by atoms with Crippen LogP contribution >= 0.6 is 0 Å². The van der Waals surface area contributed by atoms with Gasteiger partial charge >= 0.3 is 0 Å². The summed E-state index contributed by atoms with van der Waals surface area (Å²) in [4.78, 5) is 0. The summed E-state index contributed by atoms with van der Waals surface area (Å²) in [6.07, 6.45) is 5.48. The highest BCUT2D eigenvalue weighted by Crippen LogP contribution is 2.68. The maximum absolute atomic E-state index is 5.44. The number of nitrogens with one attached hydrogen (secondary N) is 1. The van der Waals surface area contributed by atoms with Crippen LogP contribution < -0.4 is 14.8 Å². The first-order valence-corrected chi connectivity index (χ1v) is 7.04. The number of hydrogen-bond donors (Lipinski definition) is 1. The Hall–Kier alpha value is -1.22. The van der Waals surface area contributed by atoms with E-state index in [1.807, 2.05) is 13.1 Å². The summed E-state index contributed by atoms with van der Waals surface area (Å²) >= 11 is 0. The zero-order valence-electron chi connectivity index (χ0n) is 12.1. The lowest BCUT2D eigenvalue weighted by atomic mass is 9.56. The highest BCUT2D eigenvalue weighted by molar-refractivity contribution is 5.47. The van der Waals surface area contributed by atoms with Crippen LogP contribution in [0.5, 0.6) is 11.5 Å². The number of rotatable bonds is 5. The molecule has 0 aromatic heterocycles. The van der Waals surface area contributed by atoms with Crippen molar-refractivity contribution < 1.29 is 9.47 Å². The van der Waals surface area contributed by atoms with Crippen molar-refractivity contribution in [1.29, 1.82) is 0 Å². The topological polar surface area (TPSA) is 30.5 Å². The molecule has 0 amide bonds. The van der Waals surface area contributed by atoms with Crippen molar-refractivity contribution in [1.82, 2.24) is 5.32 Å². The van der Waals surface area contributed by atoms with Crippen molar-refractivity contribution in [2.24, 2.45) is 5.41 Å². The highest BCUT2D eigenvalue weighted by atomic mass is 16.5. The Morgan fingerprint density at radius 3 is 2.32 bits per heavy atom. The number of benzene rings is 1. The zero-order valence-corrected chi connectivity index (χ0v) is 12.1. The Morgan fingerprint density at radius 2 is 1.79 bits per heavy atom. The van der Waals surface area contributed by atoms with Crippen LogP contribution in [0.4, 0.5) is 0 Å². The van der Waals surface area contributed by atoms with Gasteiger partial charge in [-0.1, -0.05) is 6.07 Å². The molecule has 1 N–H and O–H groups in total. The molecule has 0 radical (unpaired) electrons. The Kier molecular flexibility index (Phi) is 2.97. The van der Waals surface area contributed by atoms with Gasteiger partial charge in [0.05, 0.1) is 14.2 Å². The third kappa shape index (κ3) is 2.00. The predicted octanol–water partition coefficient (Wildman–Crippen LogP) is 2.74. The largest absolute Gasteiger partial charge is 0.493 e. The van der Waals surface area contributed by atoms with Gasteiger partial charge in [0.25, 0.3) is 0 Å². The predicted molar refractivity (Wildman–Crippen MR) is 76.1 cm³/mol. The van der Waals surface area contributed by atoms with Crippen molar-refractivity contribution >= 4 is 0 Å². The van der Waals surface area contributed by atoms with Gasteiger partial charge in [-0.3, -0.25) is 0 Å². The SMILES string of the molecule is CNCC1(c2ccc(OC)c(OC)c2)CC2(CC2)C1. The standard InChI is InChI=1S/C16H23NO2/c1-17-11-16(9-15(10-16)6-7-15)12-4-5-13(18-2)14(8-12)19-3/h4-5,8,17H,6-7,9-11H2,1-3H3. The summed E-state index contributed by atoms with van der Waals surface area (Å²) in [5, 5.41) is 3.37. The average molecular weight is 261 g/mol. The molecule has 3 heteroatoms. The van der Waals surface area contributed by atoms with E-state index in [9.17, 15) is 0 Å². The summed E-state index contributed by atoms with van der Waals surface area (Å²) in [7, 11) is 5.43. The Bertz CT molecular complexity index is 472. The monoisotopic (exact) mass is 261 g/mol. The Balaban J connectivity index is 1.90. The van der Waals surface area contributed by atoms with Crippen molar-refractivity contribution in [3.05, 3.63) is 23.8 Å². The van der Waals surface area contributed by atoms with E-state index in [0.29, 0.717) is 10.8 Å². The summed E-state index contributed by atoms with van der Waals surface area (Å²) in [6, 6.07) is 6.39. The quantitative estimate of drug-likeness (QED) is 0.884. The fraction of sp³-hybridized carbons (Fsp3) is 0.625. The molecule has 2 aliphatic rings. The molecule has 2 saturated carbocycles. The van der Waals surface area contributed by atoms with E-state index in [-0.39, 0.29) is 0 Å². The van der Waals surface area contributed by atoms with Gasteiger partial charge in [0, 0.05) is 12.0 Å². The maximum atomic E-state index is 5.44. The van der Waals surface area contributed by atoms with E-state index in [1.165, 1.54) is 31.2 Å². The van der Waals surface area contributed by atoms with Gasteiger partial charge in [0.1, 0.15) is 0 Å². The minimum atomic E-state index is 0.296. The number of likely N-dealkylation sites (N-methyl/N-ethyl adjacent to an activating group) is 1. The van der Waals surface area contributed by atoms with Gasteiger partial charge < -0.3 is 14.8 Å². The van der Waals surface area contributed by atoms with Crippen molar-refractivity contribution in [2.75, 3.05) is 27.8 Å². The summed E-state index contributed by atoms with van der Waals surface area (Å²) in [6.45, 7) is 1.05. The molecular formula is C16H23NO2. The molecule has 1 aromatic rings. The first-order chi connectivity index (χ1) is 9.17. The van der Waals surface area contributed by atoms with Gasteiger partial charge in [0.15, 0.2) is 11.5 Å². The number of methoxy groups -OCH3 is 2. The normalized spacial score (nSPS) is 21.8. The second-order valence-corrected chi connectivity index (χ2v) is 6.23. The third-order valence-corrected chi connectivity index (χ3v) is 4.89. The van der Waals surface area contributed by atoms with E-state index < -0.39 is 0 Å². The molecule has 3 rings (SSSR count). The lowest BCUT2D eigenvalue weighted by Gasteiger charge is -2.49. The van der Waals surface area contributed by atoms with Gasteiger partial charge in [0.2, 0.25) is 0 Å². The van der Waals surface area contributed by atoms with Crippen LogP contribution in [0.25, 0.3) is 0 Å². The van der Waals surface area contributed by atoms with Crippen LogP contribution in [0.15, 0.2) is 18.2 Å². The van der Waals surface area contributed by atoms with Crippen LogP contribution in [0.1, 0.15) is 31.2 Å². The van der Waals surface area contributed by atoms with Gasteiger partial charge in [-0.2, -0.15) is 0 Å². The van der Waals surface area contributed by atoms with Crippen LogP contribution in [-0.2, 0) is 5.41 Å². The molecule has 104 valence electrons. The van der Waals surface area contributed by atoms with Gasteiger partial charge in [-0.25, -0.2) is 0 Å². The summed E-state index contributed by atoms with van der Waals surface area (Å²) in [5.74, 6) is 1.65. The van der Waals surface area contributed by atoms with Crippen molar-refractivity contribution in [3.8, 4) is 11.5 Å². The molecule has 0 unspecified atom stereocenters. The second kappa shape index (κ2) is 4.41. The maximum Gasteiger partial charge on any atom is 0.161 e. The van der Waals surface area contributed by atoms with Crippen LogP contribution in [0, 0.1) is 5.41 Å². The van der Waals surface area contributed by atoms with E-state index in [0.717, 1.165) is 18.0 Å². The Morgan fingerprint density at radius 1 is 1.11 bits per heavy atom. The molecule has 0 atom stereocenters. The fourth-order valence-corrected chi connectivity index (χ4v) is 3.85. The molecular weight excluding hydrogens is 238 g/mol. The number of hydrogen-bond acceptors (Lipinski definition) is 3. The average Bonchev–Trinajstić information content (AvgIpc) is 3.17. The minimum Gasteiger partial charge on any atom is -0.493 e. The molecule has 19 heavy (non-hydrogen) atoms. The van der Waals surface area contributed by atoms with Crippen LogP contribution in [0.2, 0.25) is 0 Å². The summed E-state index contributed by atoms with van der Waals surface area (Å²) in [5.41, 5.74) is 2.37. The molecule has 0 heterocycles. The Labute approximate surface area is 115 Å². The van der Waals surface area contributed by atoms with E-state index >= 15 is 0 Å².